The third-order valence-electron chi connectivity index (χ3n) is 4.07. The normalized spacial score (nSPS) is 10.6. The number of benzene rings is 2. The van der Waals surface area contributed by atoms with Crippen LogP contribution in [0, 0.1) is 6.92 Å². The molecule has 0 saturated heterocycles. The number of nitrogens with one attached hydrogen (secondary N) is 4. The molecule has 7 heteroatoms. The predicted octanol–water partition coefficient (Wildman–Crippen LogP) is 4.17. The lowest BCUT2D eigenvalue weighted by Crippen LogP contribution is -2.24. The summed E-state index contributed by atoms with van der Waals surface area (Å²) in [6, 6.07) is 12.7. The van der Waals surface area contributed by atoms with Gasteiger partial charge in [-0.3, -0.25) is 4.79 Å². The zero-order chi connectivity index (χ0) is 18.7. The number of hydrogen-bond donors (Lipinski definition) is 4. The minimum atomic E-state index is -0.289. The lowest BCUT2D eigenvalue weighted by atomic mass is 10.1. The summed E-state index contributed by atoms with van der Waals surface area (Å²) in [7, 11) is 1.55. The first-order valence-corrected chi connectivity index (χ1v) is 8.91. The number of aryl methyl sites for hydroxylation is 1. The molecule has 134 valence electrons. The van der Waals surface area contributed by atoms with E-state index in [2.05, 4.69) is 36.9 Å². The van der Waals surface area contributed by atoms with Crippen LogP contribution in [-0.2, 0) is 11.2 Å². The second-order valence-corrected chi connectivity index (χ2v) is 6.84. The molecule has 1 heterocycles. The Morgan fingerprint density at radius 1 is 1.04 bits per heavy atom. The molecule has 0 aliphatic rings. The Balaban J connectivity index is 1.70. The van der Waals surface area contributed by atoms with Crippen LogP contribution in [0.15, 0.2) is 46.9 Å². The van der Waals surface area contributed by atoms with Gasteiger partial charge in [0.2, 0.25) is 5.91 Å². The topological polar surface area (TPSA) is 86.0 Å². The SMILES string of the molecule is CNC(=O)Nc1ccc(NC(=O)Cc2c(C)[nH]c3ccc(Br)cc23)cc1. The molecular formula is C19H19BrN4O2. The number of hydrogen-bond acceptors (Lipinski definition) is 2. The number of H-pyrrole nitrogens is 1. The van der Waals surface area contributed by atoms with E-state index in [9.17, 15) is 9.59 Å². The van der Waals surface area contributed by atoms with E-state index >= 15 is 0 Å². The highest BCUT2D eigenvalue weighted by atomic mass is 79.9. The number of aromatic amines is 1. The third-order valence-corrected chi connectivity index (χ3v) is 4.57. The van der Waals surface area contributed by atoms with E-state index in [1.54, 1.807) is 31.3 Å². The molecule has 0 aliphatic heterocycles. The minimum Gasteiger partial charge on any atom is -0.358 e. The quantitative estimate of drug-likeness (QED) is 0.516. The molecule has 4 N–H and O–H groups in total. The van der Waals surface area contributed by atoms with E-state index < -0.39 is 0 Å². The van der Waals surface area contributed by atoms with Crippen LogP contribution < -0.4 is 16.0 Å². The third kappa shape index (κ3) is 4.05. The molecule has 6 nitrogen and oxygen atoms in total. The molecule has 0 fully saturated rings. The van der Waals surface area contributed by atoms with Crippen LogP contribution in [0.1, 0.15) is 11.3 Å². The summed E-state index contributed by atoms with van der Waals surface area (Å²) < 4.78 is 0.977. The Hall–Kier alpha value is -2.80. The first-order chi connectivity index (χ1) is 12.5. The van der Waals surface area contributed by atoms with Gasteiger partial charge in [-0.2, -0.15) is 0 Å². The highest BCUT2D eigenvalue weighted by Gasteiger charge is 2.13. The van der Waals surface area contributed by atoms with Crippen molar-refractivity contribution in [3.05, 3.63) is 58.2 Å². The summed E-state index contributed by atoms with van der Waals surface area (Å²) in [5.41, 5.74) is 4.31. The van der Waals surface area contributed by atoms with Crippen molar-refractivity contribution in [2.24, 2.45) is 0 Å². The largest absolute Gasteiger partial charge is 0.358 e. The van der Waals surface area contributed by atoms with Crippen molar-refractivity contribution in [1.29, 1.82) is 0 Å². The standard InChI is InChI=1S/C19H19BrN4O2/c1-11-15(16-9-12(20)3-8-17(16)22-11)10-18(25)23-13-4-6-14(7-5-13)24-19(26)21-2/h3-9,22H,10H2,1-2H3,(H,23,25)(H2,21,24,26). The maximum absolute atomic E-state index is 12.5. The molecule has 3 aromatic rings. The van der Waals surface area contributed by atoms with Crippen LogP contribution in [0.2, 0.25) is 0 Å². The molecule has 3 amide bonds. The van der Waals surface area contributed by atoms with Crippen LogP contribution in [0.25, 0.3) is 10.9 Å². The number of amides is 3. The number of anilines is 2. The van der Waals surface area contributed by atoms with Gasteiger partial charge in [0, 0.05) is 39.5 Å². The first kappa shape index (κ1) is 18.0. The molecule has 0 atom stereocenters. The molecule has 0 saturated carbocycles. The Morgan fingerprint density at radius 2 is 1.69 bits per heavy atom. The maximum atomic E-state index is 12.5. The maximum Gasteiger partial charge on any atom is 0.318 e. The van der Waals surface area contributed by atoms with Crippen molar-refractivity contribution < 1.29 is 9.59 Å². The summed E-state index contributed by atoms with van der Waals surface area (Å²) in [5, 5.41) is 9.08. The van der Waals surface area contributed by atoms with Crippen molar-refractivity contribution in [3.8, 4) is 0 Å². The molecule has 0 bridgehead atoms. The zero-order valence-electron chi connectivity index (χ0n) is 14.4. The summed E-state index contributed by atoms with van der Waals surface area (Å²) in [5.74, 6) is -0.0963. The van der Waals surface area contributed by atoms with Crippen LogP contribution in [0.5, 0.6) is 0 Å². The van der Waals surface area contributed by atoms with Crippen molar-refractivity contribution in [2.75, 3.05) is 17.7 Å². The van der Waals surface area contributed by atoms with Gasteiger partial charge in [-0.05, 0) is 55.0 Å². The molecule has 1 aromatic heterocycles. The second-order valence-electron chi connectivity index (χ2n) is 5.92. The number of halogens is 1. The molecule has 0 unspecified atom stereocenters. The minimum absolute atomic E-state index is 0.0963. The lowest BCUT2D eigenvalue weighted by Gasteiger charge is -2.08. The molecule has 0 radical (unpaired) electrons. The van der Waals surface area contributed by atoms with Crippen LogP contribution in [0.3, 0.4) is 0 Å². The van der Waals surface area contributed by atoms with Gasteiger partial charge in [0.1, 0.15) is 0 Å². The first-order valence-electron chi connectivity index (χ1n) is 8.11. The fourth-order valence-corrected chi connectivity index (χ4v) is 3.14. The van der Waals surface area contributed by atoms with E-state index in [0.29, 0.717) is 11.4 Å². The summed E-state index contributed by atoms with van der Waals surface area (Å²) in [6.07, 6.45) is 0.278. The van der Waals surface area contributed by atoms with Crippen LogP contribution in [-0.4, -0.2) is 24.0 Å². The fraction of sp³-hybridized carbons (Fsp3) is 0.158. The molecule has 3 rings (SSSR count). The Morgan fingerprint density at radius 3 is 2.35 bits per heavy atom. The average Bonchev–Trinajstić information content (AvgIpc) is 2.91. The second kappa shape index (κ2) is 7.61. The number of aromatic nitrogens is 1. The van der Waals surface area contributed by atoms with Crippen molar-refractivity contribution in [3.63, 3.8) is 0 Å². The van der Waals surface area contributed by atoms with Gasteiger partial charge in [0.25, 0.3) is 0 Å². The summed E-state index contributed by atoms with van der Waals surface area (Å²) >= 11 is 3.48. The molecule has 26 heavy (non-hydrogen) atoms. The van der Waals surface area contributed by atoms with Crippen molar-refractivity contribution in [1.82, 2.24) is 10.3 Å². The molecule has 2 aromatic carbocycles. The van der Waals surface area contributed by atoms with Gasteiger partial charge in [0.15, 0.2) is 0 Å². The summed E-state index contributed by atoms with van der Waals surface area (Å²) in [4.78, 5) is 27.0. The molecule has 0 spiro atoms. The van der Waals surface area contributed by atoms with E-state index in [-0.39, 0.29) is 18.4 Å². The van der Waals surface area contributed by atoms with Gasteiger partial charge in [-0.1, -0.05) is 15.9 Å². The predicted molar refractivity (Wildman–Crippen MR) is 108 cm³/mol. The van der Waals surface area contributed by atoms with Crippen LogP contribution >= 0.6 is 15.9 Å². The number of carbonyl (C=O) groups is 2. The Labute approximate surface area is 159 Å². The lowest BCUT2D eigenvalue weighted by molar-refractivity contribution is -0.115. The highest BCUT2D eigenvalue weighted by molar-refractivity contribution is 9.10. The molecule has 0 aliphatic carbocycles. The highest BCUT2D eigenvalue weighted by Crippen LogP contribution is 2.26. The van der Waals surface area contributed by atoms with Gasteiger partial charge in [-0.15, -0.1) is 0 Å². The van der Waals surface area contributed by atoms with Gasteiger partial charge >= 0.3 is 6.03 Å². The van der Waals surface area contributed by atoms with Gasteiger partial charge < -0.3 is 20.9 Å². The van der Waals surface area contributed by atoms with Gasteiger partial charge in [0.05, 0.1) is 6.42 Å². The smallest absolute Gasteiger partial charge is 0.318 e. The Bertz CT molecular complexity index is 964. The fourth-order valence-electron chi connectivity index (χ4n) is 2.78. The zero-order valence-corrected chi connectivity index (χ0v) is 16.0. The van der Waals surface area contributed by atoms with E-state index in [1.165, 1.54) is 0 Å². The number of fused-ring (bicyclic) bond motifs is 1. The monoisotopic (exact) mass is 414 g/mol. The number of rotatable bonds is 4. The number of urea groups is 1. The average molecular weight is 415 g/mol. The summed E-state index contributed by atoms with van der Waals surface area (Å²) in [6.45, 7) is 1.97. The van der Waals surface area contributed by atoms with E-state index in [1.807, 2.05) is 25.1 Å². The van der Waals surface area contributed by atoms with E-state index in [4.69, 9.17) is 0 Å². The van der Waals surface area contributed by atoms with Crippen molar-refractivity contribution in [2.45, 2.75) is 13.3 Å². The van der Waals surface area contributed by atoms with Gasteiger partial charge in [-0.25, -0.2) is 4.79 Å². The van der Waals surface area contributed by atoms with E-state index in [0.717, 1.165) is 26.6 Å². The van der Waals surface area contributed by atoms with Crippen LogP contribution in [0.4, 0.5) is 16.2 Å². The van der Waals surface area contributed by atoms with Crippen molar-refractivity contribution >= 4 is 50.1 Å². The Kier molecular flexibility index (Phi) is 5.27. The number of carbonyl (C=O) groups excluding carboxylic acids is 2. The molecular weight excluding hydrogens is 396 g/mol.